The first kappa shape index (κ1) is 12.0. The van der Waals surface area contributed by atoms with Crippen molar-refractivity contribution in [1.29, 1.82) is 0 Å². The minimum atomic E-state index is 0.437. The Bertz CT molecular complexity index is 555. The van der Waals surface area contributed by atoms with E-state index in [2.05, 4.69) is 9.97 Å². The molecule has 0 saturated heterocycles. The molecule has 5 heteroatoms. The molecule has 0 unspecified atom stereocenters. The number of pyridine rings is 1. The molecule has 1 saturated carbocycles. The molecular formula is C14H19N5. The largest absolute Gasteiger partial charge is 0.382 e. The molecule has 0 aromatic carbocycles. The second-order valence-corrected chi connectivity index (χ2v) is 5.15. The van der Waals surface area contributed by atoms with Crippen molar-refractivity contribution in [2.45, 2.75) is 38.0 Å². The van der Waals surface area contributed by atoms with Gasteiger partial charge in [0.25, 0.3) is 0 Å². The summed E-state index contributed by atoms with van der Waals surface area (Å²) in [6.07, 6.45) is 9.62. The maximum atomic E-state index is 6.09. The number of anilines is 1. The van der Waals surface area contributed by atoms with Crippen molar-refractivity contribution in [1.82, 2.24) is 14.6 Å². The Morgan fingerprint density at radius 1 is 1.21 bits per heavy atom. The summed E-state index contributed by atoms with van der Waals surface area (Å²) in [6.45, 7) is 0. The Morgan fingerprint density at radius 2 is 2.00 bits per heavy atom. The average molecular weight is 257 g/mol. The SMILES string of the molecule is Nc1c(-c2cccnc2)nc(C2CCCCC2)n1N. The third-order valence-electron chi connectivity index (χ3n) is 3.88. The van der Waals surface area contributed by atoms with Crippen LogP contribution in [0.15, 0.2) is 24.5 Å². The van der Waals surface area contributed by atoms with Crippen LogP contribution in [0, 0.1) is 0 Å². The summed E-state index contributed by atoms with van der Waals surface area (Å²) in [5.41, 5.74) is 7.75. The van der Waals surface area contributed by atoms with Crippen LogP contribution in [0.1, 0.15) is 43.8 Å². The van der Waals surface area contributed by atoms with Gasteiger partial charge in [0, 0.05) is 23.9 Å². The van der Waals surface area contributed by atoms with E-state index < -0.39 is 0 Å². The number of nitrogen functional groups attached to an aromatic ring is 2. The maximum Gasteiger partial charge on any atom is 0.150 e. The van der Waals surface area contributed by atoms with E-state index in [0.717, 1.165) is 29.9 Å². The summed E-state index contributed by atoms with van der Waals surface area (Å²) in [7, 11) is 0. The van der Waals surface area contributed by atoms with E-state index in [1.165, 1.54) is 19.3 Å². The molecule has 4 N–H and O–H groups in total. The Labute approximate surface area is 112 Å². The minimum absolute atomic E-state index is 0.437. The Morgan fingerprint density at radius 3 is 2.68 bits per heavy atom. The van der Waals surface area contributed by atoms with Crippen LogP contribution >= 0.6 is 0 Å². The van der Waals surface area contributed by atoms with Gasteiger partial charge >= 0.3 is 0 Å². The molecule has 0 aliphatic heterocycles. The number of hydrogen-bond acceptors (Lipinski definition) is 4. The first-order valence-electron chi connectivity index (χ1n) is 6.81. The zero-order valence-electron chi connectivity index (χ0n) is 10.9. The highest BCUT2D eigenvalue weighted by atomic mass is 15.4. The van der Waals surface area contributed by atoms with E-state index >= 15 is 0 Å². The van der Waals surface area contributed by atoms with Gasteiger partial charge < -0.3 is 11.6 Å². The highest BCUT2D eigenvalue weighted by Crippen LogP contribution is 2.34. The molecule has 2 aromatic heterocycles. The Balaban J connectivity index is 1.99. The van der Waals surface area contributed by atoms with Crippen molar-refractivity contribution in [2.75, 3.05) is 11.6 Å². The Kier molecular flexibility index (Phi) is 3.11. The highest BCUT2D eigenvalue weighted by molar-refractivity contribution is 5.70. The van der Waals surface area contributed by atoms with E-state index in [1.54, 1.807) is 17.1 Å². The lowest BCUT2D eigenvalue weighted by molar-refractivity contribution is 0.424. The summed E-state index contributed by atoms with van der Waals surface area (Å²) in [4.78, 5) is 8.78. The molecule has 1 aliphatic rings. The molecule has 100 valence electrons. The van der Waals surface area contributed by atoms with Crippen LogP contribution in [-0.4, -0.2) is 14.6 Å². The van der Waals surface area contributed by atoms with Crippen LogP contribution < -0.4 is 11.6 Å². The highest BCUT2D eigenvalue weighted by Gasteiger charge is 2.23. The summed E-state index contributed by atoms with van der Waals surface area (Å²) in [6, 6.07) is 3.83. The zero-order chi connectivity index (χ0) is 13.2. The summed E-state index contributed by atoms with van der Waals surface area (Å²) < 4.78 is 1.55. The smallest absolute Gasteiger partial charge is 0.150 e. The second-order valence-electron chi connectivity index (χ2n) is 5.15. The molecule has 0 atom stereocenters. The van der Waals surface area contributed by atoms with Gasteiger partial charge in [0.05, 0.1) is 0 Å². The van der Waals surface area contributed by atoms with Crippen molar-refractivity contribution in [3.63, 3.8) is 0 Å². The summed E-state index contributed by atoms with van der Waals surface area (Å²) >= 11 is 0. The number of nitrogens with zero attached hydrogens (tertiary/aromatic N) is 3. The minimum Gasteiger partial charge on any atom is -0.382 e. The number of nitrogens with two attached hydrogens (primary N) is 2. The standard InChI is InChI=1S/C14H19N5/c15-13-12(11-7-4-8-17-9-11)18-14(19(13)16)10-5-2-1-3-6-10/h4,7-10H,1-3,5-6,15-16H2. The van der Waals surface area contributed by atoms with Gasteiger partial charge in [0.2, 0.25) is 0 Å². The van der Waals surface area contributed by atoms with E-state index in [1.807, 2.05) is 12.1 Å². The van der Waals surface area contributed by atoms with Crippen molar-refractivity contribution in [3.05, 3.63) is 30.4 Å². The molecule has 2 heterocycles. The predicted molar refractivity (Wildman–Crippen MR) is 75.8 cm³/mol. The number of rotatable bonds is 2. The predicted octanol–water partition coefficient (Wildman–Crippen LogP) is 2.29. The van der Waals surface area contributed by atoms with E-state index in [9.17, 15) is 0 Å². The third-order valence-corrected chi connectivity index (χ3v) is 3.88. The molecule has 1 aliphatic carbocycles. The average Bonchev–Trinajstić information content (AvgIpc) is 2.77. The molecule has 1 fully saturated rings. The molecular weight excluding hydrogens is 238 g/mol. The number of aromatic nitrogens is 3. The Hall–Kier alpha value is -2.04. The molecule has 0 bridgehead atoms. The fourth-order valence-electron chi connectivity index (χ4n) is 2.83. The van der Waals surface area contributed by atoms with Gasteiger partial charge in [-0.15, -0.1) is 0 Å². The normalized spacial score (nSPS) is 16.6. The second kappa shape index (κ2) is 4.91. The van der Waals surface area contributed by atoms with Gasteiger partial charge in [0.1, 0.15) is 11.5 Å². The maximum absolute atomic E-state index is 6.09. The van der Waals surface area contributed by atoms with Gasteiger partial charge in [-0.25, -0.2) is 9.66 Å². The zero-order valence-corrected chi connectivity index (χ0v) is 10.9. The van der Waals surface area contributed by atoms with Crippen molar-refractivity contribution in [3.8, 4) is 11.3 Å². The molecule has 19 heavy (non-hydrogen) atoms. The van der Waals surface area contributed by atoms with Gasteiger partial charge in [0.15, 0.2) is 5.82 Å². The fraction of sp³-hybridized carbons (Fsp3) is 0.429. The monoisotopic (exact) mass is 257 g/mol. The molecule has 5 nitrogen and oxygen atoms in total. The van der Waals surface area contributed by atoms with Crippen molar-refractivity contribution in [2.24, 2.45) is 0 Å². The molecule has 2 aromatic rings. The van der Waals surface area contributed by atoms with E-state index in [-0.39, 0.29) is 0 Å². The molecule has 0 amide bonds. The number of hydrogen-bond donors (Lipinski definition) is 2. The quantitative estimate of drug-likeness (QED) is 0.809. The van der Waals surface area contributed by atoms with Crippen LogP contribution in [0.4, 0.5) is 5.82 Å². The molecule has 3 rings (SSSR count). The summed E-state index contributed by atoms with van der Waals surface area (Å²) in [5.74, 6) is 7.95. The van der Waals surface area contributed by atoms with Crippen LogP contribution in [-0.2, 0) is 0 Å². The molecule has 0 spiro atoms. The topological polar surface area (TPSA) is 82.8 Å². The van der Waals surface area contributed by atoms with E-state index in [4.69, 9.17) is 11.6 Å². The fourth-order valence-corrected chi connectivity index (χ4v) is 2.83. The van der Waals surface area contributed by atoms with Crippen LogP contribution in [0.2, 0.25) is 0 Å². The lowest BCUT2D eigenvalue weighted by atomic mass is 9.89. The van der Waals surface area contributed by atoms with Crippen LogP contribution in [0.5, 0.6) is 0 Å². The first-order chi connectivity index (χ1) is 9.27. The number of imidazole rings is 1. The third kappa shape index (κ3) is 2.16. The van der Waals surface area contributed by atoms with Crippen molar-refractivity contribution < 1.29 is 0 Å². The van der Waals surface area contributed by atoms with Gasteiger partial charge in [-0.1, -0.05) is 19.3 Å². The van der Waals surface area contributed by atoms with Gasteiger partial charge in [-0.3, -0.25) is 4.98 Å². The first-order valence-corrected chi connectivity index (χ1v) is 6.81. The van der Waals surface area contributed by atoms with Gasteiger partial charge in [-0.2, -0.15) is 0 Å². The van der Waals surface area contributed by atoms with E-state index in [0.29, 0.717) is 11.7 Å². The summed E-state index contributed by atoms with van der Waals surface area (Å²) in [5, 5.41) is 0. The molecule has 0 radical (unpaired) electrons. The lowest BCUT2D eigenvalue weighted by Crippen LogP contribution is -2.19. The van der Waals surface area contributed by atoms with Crippen molar-refractivity contribution >= 4 is 5.82 Å². The van der Waals surface area contributed by atoms with Crippen LogP contribution in [0.3, 0.4) is 0 Å². The van der Waals surface area contributed by atoms with Gasteiger partial charge in [-0.05, 0) is 25.0 Å². The lowest BCUT2D eigenvalue weighted by Gasteiger charge is -2.20. The van der Waals surface area contributed by atoms with Crippen LogP contribution in [0.25, 0.3) is 11.3 Å².